The molecule has 19 heavy (non-hydrogen) atoms. The average Bonchev–Trinajstić information content (AvgIpc) is 2.40. The molecule has 2 aromatic carbocycles. The van der Waals surface area contributed by atoms with Crippen molar-refractivity contribution in [1.82, 2.24) is 0 Å². The summed E-state index contributed by atoms with van der Waals surface area (Å²) in [5.74, 6) is -0.117. The quantitative estimate of drug-likeness (QED) is 0.664. The maximum Gasteiger partial charge on any atom is 0.248 e. The smallest absolute Gasteiger partial charge is 0.248 e. The lowest BCUT2D eigenvalue weighted by Gasteiger charge is -2.02. The number of carbonyl (C=O) groups excluding carboxylic acids is 1. The highest BCUT2D eigenvalue weighted by atomic mass is 32.2. The first kappa shape index (κ1) is 13.4. The van der Waals surface area contributed by atoms with Crippen molar-refractivity contribution < 1.29 is 4.79 Å². The molecular weight excluding hydrogens is 254 g/mol. The molecule has 0 aromatic heterocycles. The summed E-state index contributed by atoms with van der Waals surface area (Å²) in [5.41, 5.74) is 1.94. The fourth-order valence-corrected chi connectivity index (χ4v) is 2.24. The number of anilines is 1. The number of nitrogens with one attached hydrogen (secondary N) is 1. The van der Waals surface area contributed by atoms with Crippen molar-refractivity contribution in [3.05, 3.63) is 71.6 Å². The summed E-state index contributed by atoms with van der Waals surface area (Å²) >= 11 is 1.52. The van der Waals surface area contributed by atoms with Crippen LogP contribution in [-0.2, 0) is 4.79 Å². The van der Waals surface area contributed by atoms with Crippen LogP contribution >= 0.6 is 11.8 Å². The normalized spacial score (nSPS) is 10.6. The van der Waals surface area contributed by atoms with Gasteiger partial charge in [-0.1, -0.05) is 42.1 Å². The van der Waals surface area contributed by atoms with Crippen LogP contribution in [0.15, 0.2) is 71.0 Å². The van der Waals surface area contributed by atoms with E-state index in [1.165, 1.54) is 11.8 Å². The molecule has 0 heterocycles. The molecule has 0 radical (unpaired) electrons. The molecule has 0 fully saturated rings. The van der Waals surface area contributed by atoms with Gasteiger partial charge in [-0.25, -0.2) is 0 Å². The Labute approximate surface area is 117 Å². The van der Waals surface area contributed by atoms with Crippen molar-refractivity contribution in [2.45, 2.75) is 11.8 Å². The number of benzene rings is 2. The molecule has 0 aliphatic carbocycles. The molecule has 0 saturated heterocycles. The van der Waals surface area contributed by atoms with E-state index >= 15 is 0 Å². The Hall–Kier alpha value is -2.00. The number of rotatable bonds is 4. The minimum Gasteiger partial charge on any atom is -0.322 e. The minimum atomic E-state index is -0.117. The van der Waals surface area contributed by atoms with Gasteiger partial charge in [-0.05, 0) is 42.2 Å². The van der Waals surface area contributed by atoms with Crippen LogP contribution < -0.4 is 5.32 Å². The topological polar surface area (TPSA) is 29.1 Å². The summed E-state index contributed by atoms with van der Waals surface area (Å²) in [5, 5.41) is 4.62. The molecular formula is C16H15NOS. The number of thioether (sulfide) groups is 1. The zero-order chi connectivity index (χ0) is 13.5. The van der Waals surface area contributed by atoms with E-state index in [1.807, 2.05) is 61.5 Å². The zero-order valence-corrected chi connectivity index (χ0v) is 11.5. The van der Waals surface area contributed by atoms with Crippen LogP contribution in [0.2, 0.25) is 0 Å². The first-order chi connectivity index (χ1) is 9.24. The Morgan fingerprint density at radius 3 is 2.63 bits per heavy atom. The van der Waals surface area contributed by atoms with Crippen molar-refractivity contribution in [2.75, 3.05) is 5.32 Å². The summed E-state index contributed by atoms with van der Waals surface area (Å²) in [6.45, 7) is 2.00. The van der Waals surface area contributed by atoms with Crippen molar-refractivity contribution >= 4 is 23.4 Å². The fourth-order valence-electron chi connectivity index (χ4n) is 1.58. The van der Waals surface area contributed by atoms with Gasteiger partial charge in [0.15, 0.2) is 0 Å². The van der Waals surface area contributed by atoms with E-state index in [1.54, 1.807) is 11.5 Å². The lowest BCUT2D eigenvalue weighted by molar-refractivity contribution is -0.111. The third kappa shape index (κ3) is 4.64. The molecule has 2 rings (SSSR count). The molecule has 0 unspecified atom stereocenters. The van der Waals surface area contributed by atoms with E-state index in [0.29, 0.717) is 0 Å². The minimum absolute atomic E-state index is 0.117. The second-order valence-corrected chi connectivity index (χ2v) is 5.07. The highest BCUT2D eigenvalue weighted by molar-refractivity contribution is 8.02. The molecule has 2 aromatic rings. The average molecular weight is 269 g/mol. The maximum absolute atomic E-state index is 11.7. The maximum atomic E-state index is 11.7. The highest BCUT2D eigenvalue weighted by Gasteiger charge is 1.97. The van der Waals surface area contributed by atoms with Crippen molar-refractivity contribution in [3.63, 3.8) is 0 Å². The SMILES string of the molecule is Cc1cccc(NC(=O)C=CSc2ccccc2)c1. The van der Waals surface area contributed by atoms with Gasteiger partial charge in [0.1, 0.15) is 0 Å². The first-order valence-electron chi connectivity index (χ1n) is 6.00. The van der Waals surface area contributed by atoms with E-state index in [2.05, 4.69) is 5.32 Å². The number of hydrogen-bond acceptors (Lipinski definition) is 2. The summed E-state index contributed by atoms with van der Waals surface area (Å²) in [4.78, 5) is 12.8. The lowest BCUT2D eigenvalue weighted by atomic mass is 10.2. The van der Waals surface area contributed by atoms with Gasteiger partial charge in [0.2, 0.25) is 5.91 Å². The van der Waals surface area contributed by atoms with Gasteiger partial charge in [-0.3, -0.25) is 4.79 Å². The number of amides is 1. The highest BCUT2D eigenvalue weighted by Crippen LogP contribution is 2.18. The second-order valence-electron chi connectivity index (χ2n) is 4.09. The summed E-state index contributed by atoms with van der Waals surface area (Å²) < 4.78 is 0. The summed E-state index contributed by atoms with van der Waals surface area (Å²) in [6.07, 6.45) is 1.54. The van der Waals surface area contributed by atoms with Crippen LogP contribution in [0.4, 0.5) is 5.69 Å². The molecule has 0 saturated carbocycles. The van der Waals surface area contributed by atoms with E-state index in [-0.39, 0.29) is 5.91 Å². The van der Waals surface area contributed by atoms with Crippen LogP contribution in [-0.4, -0.2) is 5.91 Å². The van der Waals surface area contributed by atoms with Crippen molar-refractivity contribution in [3.8, 4) is 0 Å². The summed E-state index contributed by atoms with van der Waals surface area (Å²) in [6, 6.07) is 17.7. The van der Waals surface area contributed by atoms with E-state index < -0.39 is 0 Å². The Bertz CT molecular complexity index is 578. The Balaban J connectivity index is 1.88. The predicted octanol–water partition coefficient (Wildman–Crippen LogP) is 4.24. The lowest BCUT2D eigenvalue weighted by Crippen LogP contribution is -2.07. The second kappa shape index (κ2) is 6.81. The molecule has 3 heteroatoms. The van der Waals surface area contributed by atoms with E-state index in [0.717, 1.165) is 16.1 Å². The molecule has 0 spiro atoms. The Kier molecular flexibility index (Phi) is 4.81. The van der Waals surface area contributed by atoms with Crippen LogP contribution in [0.1, 0.15) is 5.56 Å². The fraction of sp³-hybridized carbons (Fsp3) is 0.0625. The molecule has 0 aliphatic rings. The molecule has 2 nitrogen and oxygen atoms in total. The number of hydrogen-bond donors (Lipinski definition) is 1. The van der Waals surface area contributed by atoms with Gasteiger partial charge in [0, 0.05) is 16.7 Å². The van der Waals surface area contributed by atoms with Crippen LogP contribution in [0.3, 0.4) is 0 Å². The van der Waals surface area contributed by atoms with E-state index in [4.69, 9.17) is 0 Å². The third-order valence-electron chi connectivity index (χ3n) is 2.45. The van der Waals surface area contributed by atoms with Gasteiger partial charge in [-0.2, -0.15) is 0 Å². The van der Waals surface area contributed by atoms with Crippen LogP contribution in [0.25, 0.3) is 0 Å². The van der Waals surface area contributed by atoms with Gasteiger partial charge in [0.05, 0.1) is 0 Å². The molecule has 1 amide bonds. The largest absolute Gasteiger partial charge is 0.322 e. The number of aryl methyl sites for hydroxylation is 1. The predicted molar refractivity (Wildman–Crippen MR) is 81.2 cm³/mol. The third-order valence-corrected chi connectivity index (χ3v) is 3.27. The molecule has 0 bridgehead atoms. The van der Waals surface area contributed by atoms with Crippen molar-refractivity contribution in [1.29, 1.82) is 0 Å². The van der Waals surface area contributed by atoms with Gasteiger partial charge in [0.25, 0.3) is 0 Å². The Morgan fingerprint density at radius 1 is 1.11 bits per heavy atom. The monoisotopic (exact) mass is 269 g/mol. The van der Waals surface area contributed by atoms with E-state index in [9.17, 15) is 4.79 Å². The molecule has 0 aliphatic heterocycles. The molecule has 96 valence electrons. The van der Waals surface area contributed by atoms with Crippen LogP contribution in [0, 0.1) is 6.92 Å². The zero-order valence-electron chi connectivity index (χ0n) is 10.7. The Morgan fingerprint density at radius 2 is 1.89 bits per heavy atom. The van der Waals surface area contributed by atoms with Gasteiger partial charge < -0.3 is 5.32 Å². The summed E-state index contributed by atoms with van der Waals surface area (Å²) in [7, 11) is 0. The molecule has 1 N–H and O–H groups in total. The van der Waals surface area contributed by atoms with Gasteiger partial charge in [-0.15, -0.1) is 0 Å². The van der Waals surface area contributed by atoms with Crippen molar-refractivity contribution in [2.24, 2.45) is 0 Å². The first-order valence-corrected chi connectivity index (χ1v) is 6.88. The van der Waals surface area contributed by atoms with Gasteiger partial charge >= 0.3 is 0 Å². The standard InChI is InChI=1S/C16H15NOS/c1-13-6-5-7-14(12-13)17-16(18)10-11-19-15-8-3-2-4-9-15/h2-12H,1H3,(H,17,18). The molecule has 0 atom stereocenters. The van der Waals surface area contributed by atoms with Crippen LogP contribution in [0.5, 0.6) is 0 Å². The number of carbonyl (C=O) groups is 1.